The number of carbonyl (C=O) groups is 1. The van der Waals surface area contributed by atoms with Gasteiger partial charge in [-0.1, -0.05) is 12.1 Å². The van der Waals surface area contributed by atoms with E-state index in [1.165, 1.54) is 24.4 Å². The van der Waals surface area contributed by atoms with E-state index in [0.29, 0.717) is 5.56 Å². The normalized spacial score (nSPS) is 10.0. The van der Waals surface area contributed by atoms with Gasteiger partial charge in [-0.25, -0.2) is 4.98 Å². The molecule has 0 bridgehead atoms. The summed E-state index contributed by atoms with van der Waals surface area (Å²) in [5.41, 5.74) is 5.95. The lowest BCUT2D eigenvalue weighted by atomic mass is 10.2. The Labute approximate surface area is 114 Å². The van der Waals surface area contributed by atoms with Crippen molar-refractivity contribution < 1.29 is 14.5 Å². The summed E-state index contributed by atoms with van der Waals surface area (Å²) in [7, 11) is 0. The average molecular weight is 273 g/mol. The van der Waals surface area contributed by atoms with Crippen LogP contribution in [-0.2, 0) is 11.2 Å². The number of aldehydes is 1. The summed E-state index contributed by atoms with van der Waals surface area (Å²) in [6.07, 6.45) is 2.36. The number of nitro groups is 1. The van der Waals surface area contributed by atoms with Gasteiger partial charge in [0.25, 0.3) is 5.69 Å². The molecule has 0 unspecified atom stereocenters. The Morgan fingerprint density at radius 3 is 2.85 bits per heavy atom. The molecule has 20 heavy (non-hydrogen) atoms. The first-order valence-corrected chi connectivity index (χ1v) is 5.71. The van der Waals surface area contributed by atoms with Gasteiger partial charge in [0.15, 0.2) is 11.4 Å². The van der Waals surface area contributed by atoms with Crippen molar-refractivity contribution in [1.29, 1.82) is 0 Å². The number of nitrogens with two attached hydrogens (primary N) is 1. The summed E-state index contributed by atoms with van der Waals surface area (Å²) in [4.78, 5) is 24.8. The number of nitrogen functional groups attached to an aromatic ring is 1. The van der Waals surface area contributed by atoms with E-state index in [9.17, 15) is 14.9 Å². The van der Waals surface area contributed by atoms with E-state index in [1.807, 2.05) is 0 Å². The highest BCUT2D eigenvalue weighted by atomic mass is 16.6. The number of carbonyl (C=O) groups excluding carboxylic acids is 1. The van der Waals surface area contributed by atoms with E-state index in [1.54, 1.807) is 12.1 Å². The summed E-state index contributed by atoms with van der Waals surface area (Å²) in [6.45, 7) is 0. The minimum atomic E-state index is -0.590. The number of nitrogens with zero attached hydrogens (tertiary/aromatic N) is 2. The van der Waals surface area contributed by atoms with Crippen molar-refractivity contribution in [2.24, 2.45) is 0 Å². The highest BCUT2D eigenvalue weighted by molar-refractivity contribution is 5.67. The van der Waals surface area contributed by atoms with Gasteiger partial charge >= 0.3 is 0 Å². The Kier molecular flexibility index (Phi) is 3.90. The maximum Gasteiger partial charge on any atom is 0.295 e. The lowest BCUT2D eigenvalue weighted by Gasteiger charge is -2.10. The second-order valence-electron chi connectivity index (χ2n) is 3.89. The molecule has 7 nitrogen and oxygen atoms in total. The number of pyridine rings is 1. The first-order chi connectivity index (χ1) is 9.63. The van der Waals surface area contributed by atoms with Gasteiger partial charge in [0.2, 0.25) is 5.88 Å². The number of nitro benzene ring substituents is 1. The van der Waals surface area contributed by atoms with Crippen LogP contribution >= 0.6 is 0 Å². The molecule has 0 amide bonds. The van der Waals surface area contributed by atoms with Gasteiger partial charge in [-0.15, -0.1) is 0 Å². The molecule has 0 fully saturated rings. The van der Waals surface area contributed by atoms with Gasteiger partial charge in [-0.05, 0) is 12.1 Å². The van der Waals surface area contributed by atoms with Crippen LogP contribution in [0.25, 0.3) is 0 Å². The molecule has 0 radical (unpaired) electrons. The van der Waals surface area contributed by atoms with Crippen molar-refractivity contribution in [3.63, 3.8) is 0 Å². The minimum Gasteiger partial charge on any atom is -0.436 e. The first-order valence-electron chi connectivity index (χ1n) is 5.71. The summed E-state index contributed by atoms with van der Waals surface area (Å²) >= 11 is 0. The Balaban J connectivity index is 2.38. The number of ether oxygens (including phenoxy) is 1. The smallest absolute Gasteiger partial charge is 0.295 e. The topological polar surface area (TPSA) is 108 Å². The monoisotopic (exact) mass is 273 g/mol. The first kappa shape index (κ1) is 13.5. The van der Waals surface area contributed by atoms with Crippen molar-refractivity contribution in [2.45, 2.75) is 6.42 Å². The zero-order chi connectivity index (χ0) is 14.5. The summed E-state index contributed by atoms with van der Waals surface area (Å²) in [5, 5.41) is 10.8. The van der Waals surface area contributed by atoms with Gasteiger partial charge in [0, 0.05) is 24.2 Å². The van der Waals surface area contributed by atoms with Crippen molar-refractivity contribution in [3.05, 3.63) is 52.2 Å². The largest absolute Gasteiger partial charge is 0.436 e. The SMILES string of the molecule is Nc1c(Oc2ncccc2CC=O)cccc1[N+](=O)[O-]. The lowest BCUT2D eigenvalue weighted by Crippen LogP contribution is -2.00. The Morgan fingerprint density at radius 2 is 2.15 bits per heavy atom. The molecular formula is C13H11N3O4. The van der Waals surface area contributed by atoms with E-state index < -0.39 is 4.92 Å². The van der Waals surface area contributed by atoms with Crippen LogP contribution in [0.2, 0.25) is 0 Å². The molecule has 0 atom stereocenters. The molecule has 2 rings (SSSR count). The Bertz CT molecular complexity index is 658. The van der Waals surface area contributed by atoms with E-state index in [0.717, 1.165) is 6.29 Å². The van der Waals surface area contributed by atoms with E-state index >= 15 is 0 Å². The molecular weight excluding hydrogens is 262 g/mol. The van der Waals surface area contributed by atoms with Crippen LogP contribution in [0.4, 0.5) is 11.4 Å². The maximum absolute atomic E-state index is 10.8. The predicted octanol–water partition coefficient (Wildman–Crippen LogP) is 2.11. The van der Waals surface area contributed by atoms with Gasteiger partial charge in [-0.2, -0.15) is 0 Å². The highest BCUT2D eigenvalue weighted by Crippen LogP contribution is 2.34. The van der Waals surface area contributed by atoms with E-state index in [2.05, 4.69) is 4.98 Å². The van der Waals surface area contributed by atoms with Crippen molar-refractivity contribution in [3.8, 4) is 11.6 Å². The molecule has 0 aliphatic rings. The molecule has 0 aliphatic carbocycles. The Hall–Kier alpha value is -2.96. The third kappa shape index (κ3) is 2.72. The summed E-state index contributed by atoms with van der Waals surface area (Å²) < 4.78 is 5.48. The minimum absolute atomic E-state index is 0.0831. The second kappa shape index (κ2) is 5.79. The third-order valence-corrected chi connectivity index (χ3v) is 2.60. The van der Waals surface area contributed by atoms with Crippen LogP contribution in [-0.4, -0.2) is 16.2 Å². The van der Waals surface area contributed by atoms with Crippen LogP contribution in [0.1, 0.15) is 5.56 Å². The van der Waals surface area contributed by atoms with Crippen LogP contribution in [0, 0.1) is 10.1 Å². The van der Waals surface area contributed by atoms with E-state index in [4.69, 9.17) is 10.5 Å². The number of aromatic nitrogens is 1. The second-order valence-corrected chi connectivity index (χ2v) is 3.89. The zero-order valence-electron chi connectivity index (χ0n) is 10.4. The van der Waals surface area contributed by atoms with Crippen molar-refractivity contribution >= 4 is 17.7 Å². The van der Waals surface area contributed by atoms with Crippen molar-refractivity contribution in [1.82, 2.24) is 4.98 Å². The molecule has 2 aromatic rings. The number of rotatable bonds is 5. The average Bonchev–Trinajstić information content (AvgIpc) is 2.43. The van der Waals surface area contributed by atoms with Gasteiger partial charge < -0.3 is 15.3 Å². The molecule has 0 spiro atoms. The fourth-order valence-corrected chi connectivity index (χ4v) is 1.65. The molecule has 0 saturated heterocycles. The van der Waals surface area contributed by atoms with Crippen LogP contribution in [0.15, 0.2) is 36.5 Å². The molecule has 1 aromatic heterocycles. The highest BCUT2D eigenvalue weighted by Gasteiger charge is 2.17. The van der Waals surface area contributed by atoms with Gasteiger partial charge in [0.05, 0.1) is 4.92 Å². The van der Waals surface area contributed by atoms with E-state index in [-0.39, 0.29) is 29.4 Å². The van der Waals surface area contributed by atoms with Crippen LogP contribution in [0.5, 0.6) is 11.6 Å². The molecule has 7 heteroatoms. The van der Waals surface area contributed by atoms with Crippen molar-refractivity contribution in [2.75, 3.05) is 5.73 Å². The summed E-state index contributed by atoms with van der Waals surface area (Å²) in [6, 6.07) is 7.60. The molecule has 1 aromatic carbocycles. The summed E-state index contributed by atoms with van der Waals surface area (Å²) in [5.74, 6) is 0.330. The number of benzene rings is 1. The molecule has 2 N–H and O–H groups in total. The fourth-order valence-electron chi connectivity index (χ4n) is 1.65. The van der Waals surface area contributed by atoms with Gasteiger partial charge in [-0.3, -0.25) is 10.1 Å². The number of para-hydroxylation sites is 1. The quantitative estimate of drug-likeness (QED) is 0.387. The van der Waals surface area contributed by atoms with Crippen LogP contribution < -0.4 is 10.5 Å². The van der Waals surface area contributed by atoms with Crippen LogP contribution in [0.3, 0.4) is 0 Å². The predicted molar refractivity (Wildman–Crippen MR) is 71.6 cm³/mol. The molecule has 1 heterocycles. The fraction of sp³-hybridized carbons (Fsp3) is 0.0769. The maximum atomic E-state index is 10.8. The number of anilines is 1. The number of hydrogen-bond acceptors (Lipinski definition) is 6. The lowest BCUT2D eigenvalue weighted by molar-refractivity contribution is -0.383. The zero-order valence-corrected chi connectivity index (χ0v) is 10.4. The molecule has 0 aliphatic heterocycles. The molecule has 102 valence electrons. The third-order valence-electron chi connectivity index (χ3n) is 2.60. The standard InChI is InChI=1S/C13H11N3O4/c14-12-10(16(18)19)4-1-5-11(12)20-13-9(6-8-17)3-2-7-15-13/h1-5,7-8H,6,14H2. The Morgan fingerprint density at radius 1 is 1.35 bits per heavy atom. The number of hydrogen-bond donors (Lipinski definition) is 1. The van der Waals surface area contributed by atoms with Gasteiger partial charge in [0.1, 0.15) is 6.29 Å². The molecule has 0 saturated carbocycles.